The Labute approximate surface area is 201 Å². The minimum Gasteiger partial charge on any atom is -0.497 e. The van der Waals surface area contributed by atoms with Gasteiger partial charge >= 0.3 is 0 Å². The maximum absolute atomic E-state index is 13.5. The fourth-order valence-corrected chi connectivity index (χ4v) is 5.00. The fourth-order valence-electron chi connectivity index (χ4n) is 5.00. The quantitative estimate of drug-likeness (QED) is 0.414. The molecule has 6 rings (SSSR count). The van der Waals surface area contributed by atoms with Crippen molar-refractivity contribution in [2.45, 2.75) is 32.6 Å². The van der Waals surface area contributed by atoms with Gasteiger partial charge in [0.25, 0.3) is 0 Å². The monoisotopic (exact) mass is 470 g/mol. The summed E-state index contributed by atoms with van der Waals surface area (Å²) < 4.78 is 26.7. The molecule has 0 spiro atoms. The molecule has 2 aromatic heterocycles. The maximum atomic E-state index is 13.5. The number of ketones is 1. The number of rotatable bonds is 3. The highest BCUT2D eigenvalue weighted by molar-refractivity contribution is 6.00. The number of hydrogen-bond donors (Lipinski definition) is 0. The maximum Gasteiger partial charge on any atom is 0.228 e. The average Bonchev–Trinajstić information content (AvgIpc) is 3.27. The van der Waals surface area contributed by atoms with Gasteiger partial charge in [-0.25, -0.2) is 18.9 Å². The highest BCUT2D eigenvalue weighted by Gasteiger charge is 2.44. The molecule has 0 unspecified atom stereocenters. The zero-order chi connectivity index (χ0) is 24.3. The Morgan fingerprint density at radius 1 is 1.09 bits per heavy atom. The topological polar surface area (TPSA) is 78.6 Å². The van der Waals surface area contributed by atoms with Crippen LogP contribution < -0.4 is 9.47 Å². The molecule has 35 heavy (non-hydrogen) atoms. The van der Waals surface area contributed by atoms with Crippen molar-refractivity contribution in [3.05, 3.63) is 83.1 Å². The van der Waals surface area contributed by atoms with Crippen molar-refractivity contribution < 1.29 is 18.7 Å². The molecule has 2 aromatic carbocycles. The predicted molar refractivity (Wildman–Crippen MR) is 127 cm³/mol. The van der Waals surface area contributed by atoms with Crippen LogP contribution in [0.15, 0.2) is 66.2 Å². The van der Waals surface area contributed by atoms with Gasteiger partial charge in [0, 0.05) is 29.9 Å². The van der Waals surface area contributed by atoms with Crippen molar-refractivity contribution >= 4 is 11.4 Å². The number of fused-ring (bicyclic) bond motifs is 3. The largest absolute Gasteiger partial charge is 0.497 e. The van der Waals surface area contributed by atoms with E-state index in [0.29, 0.717) is 52.7 Å². The molecular weight excluding hydrogens is 447 g/mol. The van der Waals surface area contributed by atoms with Crippen molar-refractivity contribution in [3.63, 3.8) is 0 Å². The Bertz CT molecular complexity index is 1500. The molecule has 3 heterocycles. The number of allylic oxidation sites excluding steroid dienone is 2. The Morgan fingerprint density at radius 2 is 1.83 bits per heavy atom. The van der Waals surface area contributed by atoms with E-state index in [1.165, 1.54) is 12.1 Å². The van der Waals surface area contributed by atoms with Crippen LogP contribution in [0.2, 0.25) is 0 Å². The molecule has 1 atom stereocenters. The molecule has 0 bridgehead atoms. The second-order valence-electron chi connectivity index (χ2n) is 9.76. The lowest BCUT2D eigenvalue weighted by atomic mass is 9.70. The van der Waals surface area contributed by atoms with E-state index in [2.05, 4.69) is 23.9 Å². The first-order valence-electron chi connectivity index (χ1n) is 11.4. The first-order valence-corrected chi connectivity index (χ1v) is 11.4. The molecule has 1 aliphatic carbocycles. The number of carbonyl (C=O) groups excluding carboxylic acids is 1. The second-order valence-corrected chi connectivity index (χ2v) is 9.76. The number of nitrogens with zero attached hydrogens (tertiary/aromatic N) is 4. The number of benzene rings is 2. The van der Waals surface area contributed by atoms with Gasteiger partial charge in [0.15, 0.2) is 17.3 Å². The Kier molecular flexibility index (Phi) is 4.74. The van der Waals surface area contributed by atoms with Crippen LogP contribution in [0.5, 0.6) is 11.6 Å². The van der Waals surface area contributed by atoms with Gasteiger partial charge in [-0.15, -0.1) is 5.10 Å². The summed E-state index contributed by atoms with van der Waals surface area (Å²) in [5.74, 6) is 1.55. The average molecular weight is 471 g/mol. The Morgan fingerprint density at radius 3 is 2.54 bits per heavy atom. The summed E-state index contributed by atoms with van der Waals surface area (Å²) in [5.41, 5.74) is 3.26. The number of hydrogen-bond acceptors (Lipinski definition) is 6. The van der Waals surface area contributed by atoms with Crippen molar-refractivity contribution in [3.8, 4) is 23.0 Å². The fraction of sp³-hybridized carbons (Fsp3) is 0.259. The van der Waals surface area contributed by atoms with Gasteiger partial charge in [-0.1, -0.05) is 26.0 Å². The van der Waals surface area contributed by atoms with Crippen LogP contribution in [0.3, 0.4) is 0 Å². The van der Waals surface area contributed by atoms with Crippen LogP contribution >= 0.6 is 0 Å². The lowest BCUT2D eigenvalue weighted by Crippen LogP contribution is -2.33. The third kappa shape index (κ3) is 3.56. The number of carbonyl (C=O) groups is 1. The summed E-state index contributed by atoms with van der Waals surface area (Å²) in [7, 11) is 1.62. The summed E-state index contributed by atoms with van der Waals surface area (Å²) >= 11 is 0. The molecule has 0 saturated heterocycles. The van der Waals surface area contributed by atoms with E-state index >= 15 is 0 Å². The minimum absolute atomic E-state index is 0.0583. The molecular formula is C27H23FN4O3. The van der Waals surface area contributed by atoms with Gasteiger partial charge in [0.2, 0.25) is 5.88 Å². The van der Waals surface area contributed by atoms with E-state index in [1.54, 1.807) is 30.1 Å². The molecule has 0 saturated carbocycles. The smallest absolute Gasteiger partial charge is 0.228 e. The highest BCUT2D eigenvalue weighted by atomic mass is 19.1. The summed E-state index contributed by atoms with van der Waals surface area (Å²) in [6.07, 6.45) is 2.63. The number of Topliss-reactive ketones (excluding diaryl/α,β-unsaturated/α-hetero) is 1. The van der Waals surface area contributed by atoms with Crippen molar-refractivity contribution in [1.82, 2.24) is 19.6 Å². The first kappa shape index (κ1) is 21.5. The summed E-state index contributed by atoms with van der Waals surface area (Å²) in [6, 6.07) is 13.7. The minimum atomic E-state index is -0.412. The van der Waals surface area contributed by atoms with Crippen LogP contribution in [0.25, 0.3) is 17.0 Å². The van der Waals surface area contributed by atoms with E-state index in [4.69, 9.17) is 14.5 Å². The third-order valence-corrected chi connectivity index (χ3v) is 6.61. The van der Waals surface area contributed by atoms with E-state index in [0.717, 1.165) is 11.3 Å². The molecule has 2 aliphatic rings. The first-order chi connectivity index (χ1) is 16.8. The van der Waals surface area contributed by atoms with Crippen molar-refractivity contribution in [2.75, 3.05) is 7.11 Å². The number of halogens is 1. The molecule has 0 N–H and O–H groups in total. The number of ether oxygens (including phenoxy) is 2. The Balaban J connectivity index is 1.58. The van der Waals surface area contributed by atoms with E-state index < -0.39 is 5.92 Å². The standard InChI is InChI=1S/C27H23FN4O3/c1-27(2)12-19(33)22-20(13-27)35-26-23(21(22)15-6-10-18(34-3)11-7-15)25-30-24(31-32(25)14-29-26)16-4-8-17(28)9-5-16/h4-11,14,21H,12-13H2,1-3H3/t21-/m1/s1. The third-order valence-electron chi connectivity index (χ3n) is 6.61. The van der Waals surface area contributed by atoms with Crippen LogP contribution in [-0.2, 0) is 4.79 Å². The summed E-state index contributed by atoms with van der Waals surface area (Å²) in [4.78, 5) is 22.8. The summed E-state index contributed by atoms with van der Waals surface area (Å²) in [5, 5.41) is 4.57. The van der Waals surface area contributed by atoms with Crippen LogP contribution in [0.4, 0.5) is 4.39 Å². The number of methoxy groups -OCH3 is 1. The van der Waals surface area contributed by atoms with E-state index in [-0.39, 0.29) is 17.0 Å². The van der Waals surface area contributed by atoms with Crippen LogP contribution in [0.1, 0.15) is 43.7 Å². The highest BCUT2D eigenvalue weighted by Crippen LogP contribution is 2.50. The van der Waals surface area contributed by atoms with Crippen LogP contribution in [-0.4, -0.2) is 32.5 Å². The van der Waals surface area contributed by atoms with Gasteiger partial charge < -0.3 is 9.47 Å². The van der Waals surface area contributed by atoms with Gasteiger partial charge in [-0.3, -0.25) is 4.79 Å². The summed E-state index contributed by atoms with van der Waals surface area (Å²) in [6.45, 7) is 4.14. The zero-order valence-corrected chi connectivity index (χ0v) is 19.6. The second kappa shape index (κ2) is 7.73. The molecule has 7 nitrogen and oxygen atoms in total. The molecule has 0 fully saturated rings. The van der Waals surface area contributed by atoms with Gasteiger partial charge in [0.1, 0.15) is 23.7 Å². The molecule has 176 valence electrons. The molecule has 1 aliphatic heterocycles. The molecule has 4 aromatic rings. The van der Waals surface area contributed by atoms with Crippen molar-refractivity contribution in [2.24, 2.45) is 5.41 Å². The molecule has 8 heteroatoms. The lowest BCUT2D eigenvalue weighted by Gasteiger charge is -2.37. The lowest BCUT2D eigenvalue weighted by molar-refractivity contribution is -0.118. The van der Waals surface area contributed by atoms with Crippen molar-refractivity contribution in [1.29, 1.82) is 0 Å². The zero-order valence-electron chi connectivity index (χ0n) is 19.6. The van der Waals surface area contributed by atoms with E-state index in [9.17, 15) is 9.18 Å². The van der Waals surface area contributed by atoms with Crippen LogP contribution in [0, 0.1) is 11.2 Å². The van der Waals surface area contributed by atoms with Gasteiger partial charge in [0.05, 0.1) is 12.7 Å². The normalized spacial score (nSPS) is 18.7. The SMILES string of the molecule is COc1ccc([C@@H]2C3=C(CC(C)(C)CC3=O)Oc3ncn4nc(-c5ccc(F)cc5)nc4c32)cc1. The van der Waals surface area contributed by atoms with Gasteiger partial charge in [-0.2, -0.15) is 0 Å². The Hall–Kier alpha value is -4.07. The molecule has 0 radical (unpaired) electrons. The van der Waals surface area contributed by atoms with E-state index in [1.807, 2.05) is 24.3 Å². The van der Waals surface area contributed by atoms with Gasteiger partial charge in [-0.05, 0) is 47.4 Å². The number of aromatic nitrogens is 4. The predicted octanol–water partition coefficient (Wildman–Crippen LogP) is 5.11. The molecule has 0 amide bonds.